The van der Waals surface area contributed by atoms with Crippen molar-refractivity contribution in [1.29, 1.82) is 0 Å². The van der Waals surface area contributed by atoms with Gasteiger partial charge in [-0.2, -0.15) is 0 Å². The van der Waals surface area contributed by atoms with Gasteiger partial charge in [0.25, 0.3) is 0 Å². The molecule has 1 amide bonds. The largest absolute Gasteiger partial charge is 0.356 e. The lowest BCUT2D eigenvalue weighted by atomic mass is 10.1. The number of likely N-dealkylation sites (N-methyl/N-ethyl adjacent to an activating group) is 1. The van der Waals surface area contributed by atoms with Crippen molar-refractivity contribution in [2.75, 3.05) is 40.3 Å². The van der Waals surface area contributed by atoms with Crippen molar-refractivity contribution < 1.29 is 4.79 Å². The van der Waals surface area contributed by atoms with Crippen LogP contribution in [0.1, 0.15) is 38.2 Å². The van der Waals surface area contributed by atoms with Crippen molar-refractivity contribution >= 4 is 35.8 Å². The van der Waals surface area contributed by atoms with Gasteiger partial charge in [-0.25, -0.2) is 4.99 Å². The molecule has 1 heterocycles. The summed E-state index contributed by atoms with van der Waals surface area (Å²) in [6, 6.07) is 10.7. The van der Waals surface area contributed by atoms with Gasteiger partial charge >= 0.3 is 0 Å². The molecule has 0 spiro atoms. The molecule has 158 valence electrons. The second-order valence-electron chi connectivity index (χ2n) is 7.45. The highest BCUT2D eigenvalue weighted by molar-refractivity contribution is 14.0. The molecule has 1 aromatic carbocycles. The SMILES string of the molecule is CC(CCNC(=NCc1ccccc1)NCC(=O)N(C)C)N1CCCCC1.I. The van der Waals surface area contributed by atoms with Crippen LogP contribution in [0.5, 0.6) is 0 Å². The number of halogens is 1. The molecule has 1 aromatic rings. The summed E-state index contributed by atoms with van der Waals surface area (Å²) in [7, 11) is 3.52. The standard InChI is InChI=1S/C21H35N5O.HI/c1-18(26-14-8-5-9-15-26)12-13-22-21(24-17-20(27)25(2)3)23-16-19-10-6-4-7-11-19;/h4,6-7,10-11,18H,5,8-9,12-17H2,1-3H3,(H2,22,23,24);1H. The van der Waals surface area contributed by atoms with Crippen LogP contribution in [0, 0.1) is 0 Å². The lowest BCUT2D eigenvalue weighted by Crippen LogP contribution is -2.45. The van der Waals surface area contributed by atoms with Crippen molar-refractivity contribution in [3.8, 4) is 0 Å². The molecule has 1 atom stereocenters. The topological polar surface area (TPSA) is 60.0 Å². The van der Waals surface area contributed by atoms with Crippen molar-refractivity contribution in [2.24, 2.45) is 4.99 Å². The molecule has 7 heteroatoms. The summed E-state index contributed by atoms with van der Waals surface area (Å²) in [5, 5.41) is 6.55. The second-order valence-corrected chi connectivity index (χ2v) is 7.45. The minimum Gasteiger partial charge on any atom is -0.356 e. The zero-order chi connectivity index (χ0) is 19.5. The summed E-state index contributed by atoms with van der Waals surface area (Å²) in [6.45, 7) is 6.41. The van der Waals surface area contributed by atoms with Gasteiger partial charge in [0.2, 0.25) is 5.91 Å². The van der Waals surface area contributed by atoms with Gasteiger partial charge in [0, 0.05) is 26.7 Å². The molecule has 2 rings (SSSR count). The van der Waals surface area contributed by atoms with Gasteiger partial charge in [-0.3, -0.25) is 4.79 Å². The van der Waals surface area contributed by atoms with Crippen LogP contribution in [-0.2, 0) is 11.3 Å². The summed E-state index contributed by atoms with van der Waals surface area (Å²) in [6.07, 6.45) is 5.06. The summed E-state index contributed by atoms with van der Waals surface area (Å²) in [5.74, 6) is 0.728. The molecular weight excluding hydrogens is 465 g/mol. The van der Waals surface area contributed by atoms with Crippen LogP contribution in [0.2, 0.25) is 0 Å². The van der Waals surface area contributed by atoms with Gasteiger partial charge in [-0.1, -0.05) is 36.8 Å². The van der Waals surface area contributed by atoms with Crippen molar-refractivity contribution in [3.05, 3.63) is 35.9 Å². The third-order valence-corrected chi connectivity index (χ3v) is 5.04. The van der Waals surface area contributed by atoms with E-state index in [4.69, 9.17) is 0 Å². The maximum absolute atomic E-state index is 11.9. The van der Waals surface area contributed by atoms with Crippen LogP contribution in [-0.4, -0.2) is 68.0 Å². The fraction of sp³-hybridized carbons (Fsp3) is 0.619. The highest BCUT2D eigenvalue weighted by Gasteiger charge is 2.16. The Morgan fingerprint density at radius 2 is 1.82 bits per heavy atom. The van der Waals surface area contributed by atoms with Crippen LogP contribution in [0.3, 0.4) is 0 Å². The van der Waals surface area contributed by atoms with E-state index in [1.54, 1.807) is 19.0 Å². The maximum Gasteiger partial charge on any atom is 0.241 e. The minimum absolute atomic E-state index is 0. The normalized spacial score (nSPS) is 16.0. The first-order valence-electron chi connectivity index (χ1n) is 10.1. The molecule has 1 fully saturated rings. The van der Waals surface area contributed by atoms with E-state index in [1.807, 2.05) is 18.2 Å². The molecule has 1 aliphatic rings. The van der Waals surface area contributed by atoms with E-state index in [0.29, 0.717) is 18.5 Å². The van der Waals surface area contributed by atoms with E-state index in [1.165, 1.54) is 32.4 Å². The van der Waals surface area contributed by atoms with Crippen molar-refractivity contribution in [3.63, 3.8) is 0 Å². The summed E-state index contributed by atoms with van der Waals surface area (Å²) < 4.78 is 0. The Hall–Kier alpha value is -1.35. The van der Waals surface area contributed by atoms with Gasteiger partial charge in [-0.05, 0) is 44.8 Å². The lowest BCUT2D eigenvalue weighted by molar-refractivity contribution is -0.127. The van der Waals surface area contributed by atoms with Crippen LogP contribution in [0.25, 0.3) is 0 Å². The Morgan fingerprint density at radius 1 is 1.14 bits per heavy atom. The van der Waals surface area contributed by atoms with Crippen LogP contribution in [0.15, 0.2) is 35.3 Å². The number of nitrogens with zero attached hydrogens (tertiary/aromatic N) is 3. The van der Waals surface area contributed by atoms with Crippen molar-refractivity contribution in [2.45, 2.75) is 45.2 Å². The maximum atomic E-state index is 11.9. The average molecular weight is 501 g/mol. The molecule has 2 N–H and O–H groups in total. The Bertz CT molecular complexity index is 588. The molecule has 0 radical (unpaired) electrons. The predicted molar refractivity (Wildman–Crippen MR) is 127 cm³/mol. The quantitative estimate of drug-likeness (QED) is 0.327. The number of guanidine groups is 1. The van der Waals surface area contributed by atoms with E-state index in [9.17, 15) is 4.79 Å². The summed E-state index contributed by atoms with van der Waals surface area (Å²) >= 11 is 0. The van der Waals surface area contributed by atoms with Gasteiger partial charge in [0.05, 0.1) is 13.1 Å². The van der Waals surface area contributed by atoms with Crippen molar-refractivity contribution in [1.82, 2.24) is 20.4 Å². The van der Waals surface area contributed by atoms with Gasteiger partial charge in [-0.15, -0.1) is 24.0 Å². The van der Waals surface area contributed by atoms with Crippen LogP contribution in [0.4, 0.5) is 0 Å². The first-order valence-corrected chi connectivity index (χ1v) is 10.1. The smallest absolute Gasteiger partial charge is 0.241 e. The number of hydrogen-bond donors (Lipinski definition) is 2. The Labute approximate surface area is 187 Å². The number of rotatable bonds is 8. The van der Waals surface area contributed by atoms with Gasteiger partial charge < -0.3 is 20.4 Å². The number of nitrogens with one attached hydrogen (secondary N) is 2. The molecular formula is C21H36IN5O. The van der Waals surface area contributed by atoms with Crippen LogP contribution < -0.4 is 10.6 Å². The van der Waals surface area contributed by atoms with Gasteiger partial charge in [0.1, 0.15) is 0 Å². The molecule has 28 heavy (non-hydrogen) atoms. The monoisotopic (exact) mass is 501 g/mol. The Morgan fingerprint density at radius 3 is 2.46 bits per heavy atom. The number of likely N-dealkylation sites (tertiary alicyclic amines) is 1. The van der Waals surface area contributed by atoms with E-state index < -0.39 is 0 Å². The molecule has 0 aliphatic carbocycles. The number of carbonyl (C=O) groups excluding carboxylic acids is 1. The fourth-order valence-corrected chi connectivity index (χ4v) is 3.19. The van der Waals surface area contributed by atoms with Crippen LogP contribution >= 0.6 is 24.0 Å². The highest BCUT2D eigenvalue weighted by Crippen LogP contribution is 2.13. The zero-order valence-electron chi connectivity index (χ0n) is 17.5. The lowest BCUT2D eigenvalue weighted by Gasteiger charge is -2.32. The highest BCUT2D eigenvalue weighted by atomic mass is 127. The number of carbonyl (C=O) groups is 1. The zero-order valence-corrected chi connectivity index (χ0v) is 19.8. The predicted octanol–water partition coefficient (Wildman–Crippen LogP) is 2.69. The summed E-state index contributed by atoms with van der Waals surface area (Å²) in [4.78, 5) is 20.7. The Balaban J connectivity index is 0.00000392. The molecule has 0 aromatic heterocycles. The van der Waals surface area contributed by atoms with E-state index in [2.05, 4.69) is 39.6 Å². The molecule has 1 saturated heterocycles. The molecule has 0 saturated carbocycles. The van der Waals surface area contributed by atoms with E-state index >= 15 is 0 Å². The molecule has 0 bridgehead atoms. The third kappa shape index (κ3) is 9.23. The Kier molecular flexibility index (Phi) is 12.1. The number of piperidine rings is 1. The molecule has 1 aliphatic heterocycles. The fourth-order valence-electron chi connectivity index (χ4n) is 3.19. The van der Waals surface area contributed by atoms with E-state index in [0.717, 1.165) is 18.5 Å². The first kappa shape index (κ1) is 24.7. The summed E-state index contributed by atoms with van der Waals surface area (Å²) in [5.41, 5.74) is 1.15. The number of hydrogen-bond acceptors (Lipinski definition) is 3. The van der Waals surface area contributed by atoms with E-state index in [-0.39, 0.29) is 36.4 Å². The number of amides is 1. The minimum atomic E-state index is 0. The molecule has 6 nitrogen and oxygen atoms in total. The van der Waals surface area contributed by atoms with Gasteiger partial charge in [0.15, 0.2) is 5.96 Å². The number of benzene rings is 1. The second kappa shape index (κ2) is 13.8. The average Bonchev–Trinajstić information content (AvgIpc) is 2.70. The molecule has 1 unspecified atom stereocenters. The number of aliphatic imine (C=N–C) groups is 1. The first-order chi connectivity index (χ1) is 13.1. The third-order valence-electron chi connectivity index (χ3n) is 5.04.